The Morgan fingerprint density at radius 1 is 1.06 bits per heavy atom. The molecule has 1 aliphatic carbocycles. The zero-order valence-corrected chi connectivity index (χ0v) is 10.7. The van der Waals surface area contributed by atoms with Crippen molar-refractivity contribution in [2.24, 2.45) is 0 Å². The molecule has 0 spiro atoms. The summed E-state index contributed by atoms with van der Waals surface area (Å²) in [6.45, 7) is 9.34. The van der Waals surface area contributed by atoms with Crippen molar-refractivity contribution in [2.75, 3.05) is 52.4 Å². The fraction of sp³-hybridized carbons (Fsp3) is 1.00. The Morgan fingerprint density at radius 2 is 1.94 bits per heavy atom. The van der Waals surface area contributed by atoms with Crippen molar-refractivity contribution in [3.05, 3.63) is 0 Å². The van der Waals surface area contributed by atoms with E-state index in [1.54, 1.807) is 0 Å². The second kappa shape index (κ2) is 5.65. The Balaban J connectivity index is 1.47. The summed E-state index contributed by atoms with van der Waals surface area (Å²) in [4.78, 5) is 5.28. The number of hydrogen-bond acceptors (Lipinski definition) is 4. The maximum atomic E-state index is 5.86. The number of fused-ring (bicyclic) bond motifs is 1. The second-order valence-corrected chi connectivity index (χ2v) is 5.54. The molecular weight excluding hydrogens is 214 g/mol. The maximum Gasteiger partial charge on any atom is 0.0730 e. The van der Waals surface area contributed by atoms with Gasteiger partial charge in [-0.05, 0) is 19.3 Å². The second-order valence-electron chi connectivity index (χ2n) is 5.54. The molecular formula is C13H25N3O. The van der Waals surface area contributed by atoms with Crippen LogP contribution in [0.2, 0.25) is 0 Å². The van der Waals surface area contributed by atoms with Gasteiger partial charge in [-0.3, -0.25) is 9.80 Å². The van der Waals surface area contributed by atoms with E-state index >= 15 is 0 Å². The molecule has 98 valence electrons. The lowest BCUT2D eigenvalue weighted by atomic mass is 10.1. The maximum absolute atomic E-state index is 5.86. The van der Waals surface area contributed by atoms with Crippen LogP contribution in [0.1, 0.15) is 19.3 Å². The van der Waals surface area contributed by atoms with Crippen LogP contribution in [0.4, 0.5) is 0 Å². The van der Waals surface area contributed by atoms with Crippen LogP contribution in [-0.4, -0.2) is 74.4 Å². The minimum Gasteiger partial charge on any atom is -0.375 e. The number of nitrogens with zero attached hydrogens (tertiary/aromatic N) is 2. The number of nitrogens with one attached hydrogen (secondary N) is 1. The van der Waals surface area contributed by atoms with Crippen LogP contribution in [0.3, 0.4) is 0 Å². The van der Waals surface area contributed by atoms with Gasteiger partial charge in [0.1, 0.15) is 0 Å². The minimum absolute atomic E-state index is 0.548. The van der Waals surface area contributed by atoms with Crippen LogP contribution in [0.15, 0.2) is 0 Å². The average molecular weight is 239 g/mol. The third-order valence-corrected chi connectivity index (χ3v) is 4.51. The first-order chi connectivity index (χ1) is 8.43. The van der Waals surface area contributed by atoms with Crippen LogP contribution >= 0.6 is 0 Å². The molecule has 2 heterocycles. The lowest BCUT2D eigenvalue weighted by Gasteiger charge is -2.39. The first-order valence-electron chi connectivity index (χ1n) is 7.22. The fourth-order valence-corrected chi connectivity index (χ4v) is 3.49. The molecule has 17 heavy (non-hydrogen) atoms. The van der Waals surface area contributed by atoms with Gasteiger partial charge in [-0.1, -0.05) is 0 Å². The molecule has 2 saturated heterocycles. The Labute approximate surface area is 104 Å². The number of morpholine rings is 1. The summed E-state index contributed by atoms with van der Waals surface area (Å²) >= 11 is 0. The zero-order chi connectivity index (χ0) is 11.5. The van der Waals surface area contributed by atoms with E-state index in [9.17, 15) is 0 Å². The molecule has 0 radical (unpaired) electrons. The largest absolute Gasteiger partial charge is 0.375 e. The molecule has 0 aromatic rings. The van der Waals surface area contributed by atoms with Crippen molar-refractivity contribution in [1.29, 1.82) is 0 Å². The van der Waals surface area contributed by atoms with Crippen molar-refractivity contribution in [1.82, 2.24) is 15.1 Å². The predicted octanol–water partition coefficient (Wildman–Crippen LogP) is 0.145. The molecule has 0 aromatic heterocycles. The van der Waals surface area contributed by atoms with Crippen LogP contribution < -0.4 is 5.32 Å². The van der Waals surface area contributed by atoms with Crippen molar-refractivity contribution in [3.63, 3.8) is 0 Å². The highest BCUT2D eigenvalue weighted by molar-refractivity contribution is 4.89. The van der Waals surface area contributed by atoms with Gasteiger partial charge < -0.3 is 10.1 Å². The van der Waals surface area contributed by atoms with E-state index in [2.05, 4.69) is 15.1 Å². The van der Waals surface area contributed by atoms with Gasteiger partial charge in [-0.2, -0.15) is 0 Å². The molecule has 3 aliphatic rings. The smallest absolute Gasteiger partial charge is 0.0730 e. The van der Waals surface area contributed by atoms with Crippen LogP contribution in [0.5, 0.6) is 0 Å². The third kappa shape index (κ3) is 2.81. The van der Waals surface area contributed by atoms with E-state index in [1.165, 1.54) is 45.4 Å². The SMILES string of the molecule is C1CC2OCCN(CCN3CCNCC3)C2C1. The van der Waals surface area contributed by atoms with Crippen molar-refractivity contribution in [2.45, 2.75) is 31.4 Å². The zero-order valence-electron chi connectivity index (χ0n) is 10.7. The van der Waals surface area contributed by atoms with Gasteiger partial charge in [0.25, 0.3) is 0 Å². The van der Waals surface area contributed by atoms with E-state index in [1.807, 2.05) is 0 Å². The quantitative estimate of drug-likeness (QED) is 0.758. The van der Waals surface area contributed by atoms with Crippen molar-refractivity contribution in [3.8, 4) is 0 Å². The predicted molar refractivity (Wildman–Crippen MR) is 68.3 cm³/mol. The molecule has 1 N–H and O–H groups in total. The Kier molecular flexibility index (Phi) is 3.96. The molecule has 2 unspecified atom stereocenters. The number of piperazine rings is 1. The van der Waals surface area contributed by atoms with Gasteiger partial charge in [0, 0.05) is 51.9 Å². The lowest BCUT2D eigenvalue weighted by Crippen LogP contribution is -2.52. The highest BCUT2D eigenvalue weighted by atomic mass is 16.5. The van der Waals surface area contributed by atoms with Crippen LogP contribution in [-0.2, 0) is 4.74 Å². The van der Waals surface area contributed by atoms with Gasteiger partial charge in [0.05, 0.1) is 12.7 Å². The summed E-state index contributed by atoms with van der Waals surface area (Å²) in [6, 6.07) is 0.728. The summed E-state index contributed by atoms with van der Waals surface area (Å²) in [7, 11) is 0. The normalized spacial score (nSPS) is 36.0. The molecule has 3 rings (SSSR count). The van der Waals surface area contributed by atoms with E-state index in [4.69, 9.17) is 4.74 Å². The Hall–Kier alpha value is -0.160. The Bertz CT molecular complexity index is 243. The topological polar surface area (TPSA) is 27.7 Å². The average Bonchev–Trinajstić information content (AvgIpc) is 2.86. The first kappa shape index (κ1) is 11.9. The molecule has 0 amide bonds. The van der Waals surface area contributed by atoms with Crippen molar-refractivity contribution < 1.29 is 4.74 Å². The van der Waals surface area contributed by atoms with Crippen LogP contribution in [0.25, 0.3) is 0 Å². The Morgan fingerprint density at radius 3 is 2.82 bits per heavy atom. The van der Waals surface area contributed by atoms with E-state index in [-0.39, 0.29) is 0 Å². The van der Waals surface area contributed by atoms with E-state index < -0.39 is 0 Å². The first-order valence-corrected chi connectivity index (χ1v) is 7.22. The van der Waals surface area contributed by atoms with E-state index in [0.717, 1.165) is 32.3 Å². The highest BCUT2D eigenvalue weighted by Gasteiger charge is 2.35. The molecule has 4 nitrogen and oxygen atoms in total. The van der Waals surface area contributed by atoms with Gasteiger partial charge >= 0.3 is 0 Å². The number of rotatable bonds is 3. The molecule has 4 heteroatoms. The summed E-state index contributed by atoms with van der Waals surface area (Å²) in [5.74, 6) is 0. The summed E-state index contributed by atoms with van der Waals surface area (Å²) in [6.07, 6.45) is 4.55. The van der Waals surface area contributed by atoms with Gasteiger partial charge in [0.2, 0.25) is 0 Å². The number of hydrogen-bond donors (Lipinski definition) is 1. The summed E-state index contributed by atoms with van der Waals surface area (Å²) in [5, 5.41) is 3.41. The van der Waals surface area contributed by atoms with Crippen LogP contribution in [0, 0.1) is 0 Å². The lowest BCUT2D eigenvalue weighted by molar-refractivity contribution is -0.0576. The summed E-state index contributed by atoms with van der Waals surface area (Å²) in [5.41, 5.74) is 0. The minimum atomic E-state index is 0.548. The summed E-state index contributed by atoms with van der Waals surface area (Å²) < 4.78 is 5.86. The molecule has 3 fully saturated rings. The van der Waals surface area contributed by atoms with Gasteiger partial charge in [-0.15, -0.1) is 0 Å². The standard InChI is InChI=1S/C13H25N3O/c1-2-12-13(3-1)17-11-10-16(12)9-8-15-6-4-14-5-7-15/h12-14H,1-11H2. The molecule has 2 aliphatic heterocycles. The molecule has 0 aromatic carbocycles. The van der Waals surface area contributed by atoms with Gasteiger partial charge in [0.15, 0.2) is 0 Å². The molecule has 0 bridgehead atoms. The fourth-order valence-electron chi connectivity index (χ4n) is 3.49. The monoisotopic (exact) mass is 239 g/mol. The van der Waals surface area contributed by atoms with Gasteiger partial charge in [-0.25, -0.2) is 0 Å². The number of ether oxygens (including phenoxy) is 1. The molecule has 1 saturated carbocycles. The molecule has 2 atom stereocenters. The highest BCUT2D eigenvalue weighted by Crippen LogP contribution is 2.29. The van der Waals surface area contributed by atoms with Crippen molar-refractivity contribution >= 4 is 0 Å². The third-order valence-electron chi connectivity index (χ3n) is 4.51. The van der Waals surface area contributed by atoms with E-state index in [0.29, 0.717) is 6.10 Å².